The van der Waals surface area contributed by atoms with Crippen molar-refractivity contribution in [2.45, 2.75) is 0 Å². The first-order valence-corrected chi connectivity index (χ1v) is 6.45. The minimum absolute atomic E-state index is 0.273. The number of phenolic OH excluding ortho intramolecular Hbond substituents is 2. The third-order valence-electron chi connectivity index (χ3n) is 2.63. The number of aromatic nitrogens is 2. The van der Waals surface area contributed by atoms with Gasteiger partial charge in [-0.1, -0.05) is 36.4 Å². The third-order valence-corrected chi connectivity index (χ3v) is 2.63. The molecule has 0 bridgehead atoms. The van der Waals surface area contributed by atoms with Crippen LogP contribution in [0.2, 0.25) is 0 Å². The number of imidazole rings is 1. The SMILES string of the molecule is Oc1ccccc1.Oc1ccccc1C=Cc1ncc[nH]1. The van der Waals surface area contributed by atoms with Crippen LogP contribution in [0.1, 0.15) is 11.4 Å². The normalized spacial score (nSPS) is 10.1. The predicted octanol–water partition coefficient (Wildman–Crippen LogP) is 3.68. The van der Waals surface area contributed by atoms with Gasteiger partial charge in [0.15, 0.2) is 0 Å². The van der Waals surface area contributed by atoms with Gasteiger partial charge in [-0.25, -0.2) is 4.98 Å². The van der Waals surface area contributed by atoms with Crippen molar-refractivity contribution in [2.75, 3.05) is 0 Å². The Morgan fingerprint density at radius 1 is 0.857 bits per heavy atom. The van der Waals surface area contributed by atoms with Crippen LogP contribution in [0.5, 0.6) is 11.5 Å². The van der Waals surface area contributed by atoms with E-state index in [2.05, 4.69) is 9.97 Å². The van der Waals surface area contributed by atoms with Gasteiger partial charge >= 0.3 is 0 Å². The Kier molecular flexibility index (Phi) is 5.18. The van der Waals surface area contributed by atoms with Gasteiger partial charge in [-0.15, -0.1) is 0 Å². The fourth-order valence-electron chi connectivity index (χ4n) is 1.59. The Bertz CT molecular complexity index is 677. The summed E-state index contributed by atoms with van der Waals surface area (Å²) in [7, 11) is 0. The topological polar surface area (TPSA) is 69.1 Å². The van der Waals surface area contributed by atoms with Crippen molar-refractivity contribution in [2.24, 2.45) is 0 Å². The fraction of sp³-hybridized carbons (Fsp3) is 0. The van der Waals surface area contributed by atoms with Crippen LogP contribution in [-0.2, 0) is 0 Å². The van der Waals surface area contributed by atoms with Crippen LogP contribution >= 0.6 is 0 Å². The van der Waals surface area contributed by atoms with Gasteiger partial charge in [0, 0.05) is 18.0 Å². The minimum atomic E-state index is 0.273. The number of H-pyrrole nitrogens is 1. The van der Waals surface area contributed by atoms with Gasteiger partial charge in [0.1, 0.15) is 17.3 Å². The molecule has 4 nitrogen and oxygen atoms in total. The molecule has 3 rings (SSSR count). The highest BCUT2D eigenvalue weighted by atomic mass is 16.3. The quantitative estimate of drug-likeness (QED) is 0.670. The van der Waals surface area contributed by atoms with Crippen molar-refractivity contribution >= 4 is 12.2 Å². The number of hydrogen-bond acceptors (Lipinski definition) is 3. The fourth-order valence-corrected chi connectivity index (χ4v) is 1.59. The van der Waals surface area contributed by atoms with Crippen molar-refractivity contribution in [1.82, 2.24) is 9.97 Å². The number of aromatic amines is 1. The van der Waals surface area contributed by atoms with Gasteiger partial charge < -0.3 is 15.2 Å². The van der Waals surface area contributed by atoms with Gasteiger partial charge in [0.05, 0.1) is 0 Å². The summed E-state index contributed by atoms with van der Waals surface area (Å²) in [6.07, 6.45) is 7.07. The Labute approximate surface area is 123 Å². The number of phenols is 2. The van der Waals surface area contributed by atoms with E-state index in [0.29, 0.717) is 5.75 Å². The maximum Gasteiger partial charge on any atom is 0.129 e. The first kappa shape index (κ1) is 14.4. The van der Waals surface area contributed by atoms with E-state index in [9.17, 15) is 5.11 Å². The number of aromatic hydroxyl groups is 2. The standard InChI is InChI=1S/C11H10N2O.C6H6O/c14-10-4-2-1-3-9(10)5-6-11-12-7-8-13-11;7-6-4-2-1-3-5-6/h1-8,14H,(H,12,13);1-5,7H. The number of hydrogen-bond donors (Lipinski definition) is 3. The molecule has 1 aromatic heterocycles. The molecule has 0 aliphatic rings. The molecule has 0 aliphatic heterocycles. The van der Waals surface area contributed by atoms with E-state index in [1.165, 1.54) is 0 Å². The maximum absolute atomic E-state index is 9.46. The van der Waals surface area contributed by atoms with Crippen molar-refractivity contribution in [3.63, 3.8) is 0 Å². The number of nitrogens with zero attached hydrogens (tertiary/aromatic N) is 1. The Balaban J connectivity index is 0.000000194. The Hall–Kier alpha value is -3.01. The molecule has 21 heavy (non-hydrogen) atoms. The average molecular weight is 280 g/mol. The maximum atomic E-state index is 9.46. The van der Waals surface area contributed by atoms with Crippen LogP contribution in [0.3, 0.4) is 0 Å². The molecular weight excluding hydrogens is 264 g/mol. The minimum Gasteiger partial charge on any atom is -0.508 e. The van der Waals surface area contributed by atoms with Crippen molar-refractivity contribution in [1.29, 1.82) is 0 Å². The average Bonchev–Trinajstić information content (AvgIpc) is 3.01. The number of benzene rings is 2. The molecule has 0 aliphatic carbocycles. The lowest BCUT2D eigenvalue weighted by Gasteiger charge is -1.95. The highest BCUT2D eigenvalue weighted by Gasteiger charge is 1.94. The molecular formula is C17H16N2O2. The first-order chi connectivity index (χ1) is 10.3. The van der Waals surface area contributed by atoms with Crippen LogP contribution in [0, 0.1) is 0 Å². The molecule has 0 spiro atoms. The largest absolute Gasteiger partial charge is 0.508 e. The van der Waals surface area contributed by atoms with Crippen molar-refractivity contribution in [3.8, 4) is 11.5 Å². The van der Waals surface area contributed by atoms with Gasteiger partial charge in [-0.2, -0.15) is 0 Å². The highest BCUT2D eigenvalue weighted by molar-refractivity contribution is 5.69. The Morgan fingerprint density at radius 2 is 1.57 bits per heavy atom. The summed E-state index contributed by atoms with van der Waals surface area (Å²) in [6.45, 7) is 0. The molecule has 0 radical (unpaired) electrons. The second-order valence-corrected chi connectivity index (χ2v) is 4.20. The summed E-state index contributed by atoms with van der Waals surface area (Å²) < 4.78 is 0. The van der Waals surface area contributed by atoms with E-state index in [-0.39, 0.29) is 5.75 Å². The van der Waals surface area contributed by atoms with Gasteiger partial charge in [0.2, 0.25) is 0 Å². The van der Waals surface area contributed by atoms with Crippen LogP contribution in [0.15, 0.2) is 67.0 Å². The zero-order chi connectivity index (χ0) is 14.9. The third kappa shape index (κ3) is 4.87. The van der Waals surface area contributed by atoms with E-state index in [0.717, 1.165) is 11.4 Å². The number of nitrogens with one attached hydrogen (secondary N) is 1. The molecule has 0 fully saturated rings. The summed E-state index contributed by atoms with van der Waals surface area (Å²) in [5.74, 6) is 1.37. The second-order valence-electron chi connectivity index (χ2n) is 4.20. The van der Waals surface area contributed by atoms with E-state index >= 15 is 0 Å². The summed E-state index contributed by atoms with van der Waals surface area (Å²) in [5.41, 5.74) is 0.781. The molecule has 0 atom stereocenters. The molecule has 3 N–H and O–H groups in total. The molecule has 0 saturated carbocycles. The van der Waals surface area contributed by atoms with Gasteiger partial charge in [-0.05, 0) is 30.4 Å². The number of para-hydroxylation sites is 2. The van der Waals surface area contributed by atoms with Crippen LogP contribution in [-0.4, -0.2) is 20.2 Å². The van der Waals surface area contributed by atoms with E-state index < -0.39 is 0 Å². The lowest BCUT2D eigenvalue weighted by molar-refractivity contribution is 0.474. The first-order valence-electron chi connectivity index (χ1n) is 6.45. The van der Waals surface area contributed by atoms with Gasteiger partial charge in [-0.3, -0.25) is 0 Å². The molecule has 2 aromatic carbocycles. The van der Waals surface area contributed by atoms with Crippen molar-refractivity contribution < 1.29 is 10.2 Å². The van der Waals surface area contributed by atoms with Crippen LogP contribution in [0.25, 0.3) is 12.2 Å². The van der Waals surface area contributed by atoms with E-state index in [1.807, 2.05) is 30.4 Å². The lowest BCUT2D eigenvalue weighted by atomic mass is 10.2. The molecule has 106 valence electrons. The van der Waals surface area contributed by atoms with E-state index in [1.54, 1.807) is 48.8 Å². The second kappa shape index (κ2) is 7.55. The molecule has 4 heteroatoms. The molecule has 1 heterocycles. The summed E-state index contributed by atoms with van der Waals surface area (Å²) >= 11 is 0. The van der Waals surface area contributed by atoms with Crippen LogP contribution in [0.4, 0.5) is 0 Å². The summed E-state index contributed by atoms with van der Waals surface area (Å²) in [4.78, 5) is 6.98. The summed E-state index contributed by atoms with van der Waals surface area (Å²) in [6, 6.07) is 15.9. The monoisotopic (exact) mass is 280 g/mol. The molecule has 3 aromatic rings. The Morgan fingerprint density at radius 3 is 2.14 bits per heavy atom. The predicted molar refractivity (Wildman–Crippen MR) is 83.7 cm³/mol. The van der Waals surface area contributed by atoms with Crippen LogP contribution < -0.4 is 0 Å². The lowest BCUT2D eigenvalue weighted by Crippen LogP contribution is -1.75. The highest BCUT2D eigenvalue weighted by Crippen LogP contribution is 2.17. The number of rotatable bonds is 2. The zero-order valence-corrected chi connectivity index (χ0v) is 11.3. The zero-order valence-electron chi connectivity index (χ0n) is 11.3. The van der Waals surface area contributed by atoms with Crippen molar-refractivity contribution in [3.05, 3.63) is 78.4 Å². The molecule has 0 unspecified atom stereocenters. The summed E-state index contributed by atoms with van der Waals surface area (Å²) in [5, 5.41) is 18.1. The molecule has 0 amide bonds. The molecule has 0 saturated heterocycles. The van der Waals surface area contributed by atoms with Gasteiger partial charge in [0.25, 0.3) is 0 Å². The smallest absolute Gasteiger partial charge is 0.129 e. The van der Waals surface area contributed by atoms with E-state index in [4.69, 9.17) is 5.11 Å².